The van der Waals surface area contributed by atoms with Crippen LogP contribution in [0, 0.1) is 0 Å². The van der Waals surface area contributed by atoms with Crippen molar-refractivity contribution in [1.82, 2.24) is 10.2 Å². The van der Waals surface area contributed by atoms with Gasteiger partial charge in [0.2, 0.25) is 0 Å². The second-order valence-corrected chi connectivity index (χ2v) is 3.79. The third-order valence-corrected chi connectivity index (χ3v) is 2.44. The molecule has 2 aromatic rings. The molecule has 0 saturated heterocycles. The number of ketones is 1. The van der Waals surface area contributed by atoms with Crippen LogP contribution >= 0.6 is 11.6 Å². The van der Waals surface area contributed by atoms with Crippen LogP contribution in [0.3, 0.4) is 0 Å². The van der Waals surface area contributed by atoms with E-state index in [9.17, 15) is 4.79 Å². The Morgan fingerprint density at radius 2 is 1.88 bits per heavy atom. The molecule has 0 radical (unpaired) electrons. The standard InChI is InChI=1S/C12H9ClN2O/c13-11-3-1-9(2-4-11)7-12(16)10-5-6-14-15-8-10/h1-6,8H,7H2. The monoisotopic (exact) mass is 232 g/mol. The van der Waals surface area contributed by atoms with Crippen LogP contribution < -0.4 is 0 Å². The van der Waals surface area contributed by atoms with Crippen molar-refractivity contribution in [3.8, 4) is 0 Å². The summed E-state index contributed by atoms with van der Waals surface area (Å²) in [4.78, 5) is 11.8. The van der Waals surface area contributed by atoms with Gasteiger partial charge in [-0.1, -0.05) is 23.7 Å². The van der Waals surface area contributed by atoms with Crippen LogP contribution in [0.1, 0.15) is 15.9 Å². The second kappa shape index (κ2) is 4.86. The number of hydrogen-bond donors (Lipinski definition) is 0. The Morgan fingerprint density at radius 1 is 1.12 bits per heavy atom. The molecule has 4 heteroatoms. The van der Waals surface area contributed by atoms with Crippen LogP contribution in [0.15, 0.2) is 42.7 Å². The maximum atomic E-state index is 11.8. The van der Waals surface area contributed by atoms with Crippen molar-refractivity contribution in [2.45, 2.75) is 6.42 Å². The first kappa shape index (κ1) is 10.8. The molecule has 2 rings (SSSR count). The van der Waals surface area contributed by atoms with E-state index in [0.717, 1.165) is 5.56 Å². The Balaban J connectivity index is 2.11. The largest absolute Gasteiger partial charge is 0.294 e. The quantitative estimate of drug-likeness (QED) is 0.764. The molecular weight excluding hydrogens is 224 g/mol. The zero-order valence-electron chi connectivity index (χ0n) is 8.43. The maximum absolute atomic E-state index is 11.8. The highest BCUT2D eigenvalue weighted by Crippen LogP contribution is 2.11. The number of nitrogens with zero attached hydrogens (tertiary/aromatic N) is 2. The molecule has 0 aliphatic heterocycles. The molecule has 0 saturated carbocycles. The highest BCUT2D eigenvalue weighted by molar-refractivity contribution is 6.30. The van der Waals surface area contributed by atoms with Crippen molar-refractivity contribution in [2.24, 2.45) is 0 Å². The molecular formula is C12H9ClN2O. The van der Waals surface area contributed by atoms with E-state index in [2.05, 4.69) is 10.2 Å². The van der Waals surface area contributed by atoms with E-state index in [1.165, 1.54) is 12.4 Å². The topological polar surface area (TPSA) is 42.9 Å². The summed E-state index contributed by atoms with van der Waals surface area (Å²) in [6.07, 6.45) is 3.33. The minimum absolute atomic E-state index is 0.0252. The molecule has 1 heterocycles. The van der Waals surface area contributed by atoms with E-state index in [1.54, 1.807) is 18.2 Å². The SMILES string of the molecule is O=C(Cc1ccc(Cl)cc1)c1ccnnc1. The number of benzene rings is 1. The summed E-state index contributed by atoms with van der Waals surface area (Å²) in [7, 11) is 0. The van der Waals surface area contributed by atoms with E-state index in [1.807, 2.05) is 12.1 Å². The molecule has 1 aromatic heterocycles. The van der Waals surface area contributed by atoms with E-state index in [4.69, 9.17) is 11.6 Å². The van der Waals surface area contributed by atoms with Gasteiger partial charge in [-0.3, -0.25) is 4.79 Å². The van der Waals surface area contributed by atoms with Crippen molar-refractivity contribution < 1.29 is 4.79 Å². The van der Waals surface area contributed by atoms with Crippen LogP contribution in [0.5, 0.6) is 0 Å². The Labute approximate surface area is 98.1 Å². The first-order chi connectivity index (χ1) is 7.75. The number of halogens is 1. The summed E-state index contributed by atoms with van der Waals surface area (Å²) in [5.74, 6) is 0.0252. The molecule has 0 amide bonds. The first-order valence-electron chi connectivity index (χ1n) is 4.80. The van der Waals surface area contributed by atoms with E-state index in [0.29, 0.717) is 17.0 Å². The number of carbonyl (C=O) groups is 1. The van der Waals surface area contributed by atoms with Crippen molar-refractivity contribution in [3.05, 3.63) is 58.9 Å². The molecule has 0 atom stereocenters. The van der Waals surface area contributed by atoms with Crippen molar-refractivity contribution in [3.63, 3.8) is 0 Å². The molecule has 0 spiro atoms. The normalized spacial score (nSPS) is 10.1. The Bertz CT molecular complexity index is 482. The fourth-order valence-electron chi connectivity index (χ4n) is 1.35. The van der Waals surface area contributed by atoms with Crippen LogP contribution in [0.4, 0.5) is 0 Å². The van der Waals surface area contributed by atoms with E-state index in [-0.39, 0.29) is 5.78 Å². The van der Waals surface area contributed by atoms with Gasteiger partial charge in [-0.05, 0) is 23.8 Å². The minimum atomic E-state index is 0.0252. The number of hydrogen-bond acceptors (Lipinski definition) is 3. The highest BCUT2D eigenvalue weighted by atomic mass is 35.5. The summed E-state index contributed by atoms with van der Waals surface area (Å²) in [5, 5.41) is 7.96. The zero-order valence-corrected chi connectivity index (χ0v) is 9.19. The van der Waals surface area contributed by atoms with Gasteiger partial charge in [0.15, 0.2) is 5.78 Å². The molecule has 0 aliphatic carbocycles. The molecule has 1 aromatic carbocycles. The van der Waals surface area contributed by atoms with E-state index >= 15 is 0 Å². The molecule has 0 fully saturated rings. The summed E-state index contributed by atoms with van der Waals surface area (Å²) in [6.45, 7) is 0. The summed E-state index contributed by atoms with van der Waals surface area (Å²) in [6, 6.07) is 8.89. The lowest BCUT2D eigenvalue weighted by molar-refractivity contribution is 0.0992. The van der Waals surface area contributed by atoms with Gasteiger partial charge in [0, 0.05) is 17.0 Å². The summed E-state index contributed by atoms with van der Waals surface area (Å²) < 4.78 is 0. The Hall–Kier alpha value is -1.74. The van der Waals surface area contributed by atoms with Gasteiger partial charge in [0.1, 0.15) is 0 Å². The average Bonchev–Trinajstić information content (AvgIpc) is 2.33. The van der Waals surface area contributed by atoms with Gasteiger partial charge in [-0.15, -0.1) is 0 Å². The molecule has 3 nitrogen and oxygen atoms in total. The average molecular weight is 233 g/mol. The summed E-state index contributed by atoms with van der Waals surface area (Å²) in [5.41, 5.74) is 1.51. The lowest BCUT2D eigenvalue weighted by atomic mass is 10.1. The fourth-order valence-corrected chi connectivity index (χ4v) is 1.47. The summed E-state index contributed by atoms with van der Waals surface area (Å²) >= 11 is 5.76. The molecule has 80 valence electrons. The predicted molar refractivity (Wildman–Crippen MR) is 61.5 cm³/mol. The fraction of sp³-hybridized carbons (Fsp3) is 0.0833. The van der Waals surface area contributed by atoms with Gasteiger partial charge in [0.05, 0.1) is 12.4 Å². The molecule has 0 N–H and O–H groups in total. The maximum Gasteiger partial charge on any atom is 0.168 e. The van der Waals surface area contributed by atoms with Gasteiger partial charge >= 0.3 is 0 Å². The molecule has 16 heavy (non-hydrogen) atoms. The number of carbonyl (C=O) groups excluding carboxylic acids is 1. The van der Waals surface area contributed by atoms with Gasteiger partial charge in [-0.2, -0.15) is 10.2 Å². The van der Waals surface area contributed by atoms with Crippen LogP contribution in [-0.4, -0.2) is 16.0 Å². The smallest absolute Gasteiger partial charge is 0.168 e. The van der Waals surface area contributed by atoms with Crippen LogP contribution in [-0.2, 0) is 6.42 Å². The predicted octanol–water partition coefficient (Wildman–Crippen LogP) is 2.56. The lowest BCUT2D eigenvalue weighted by Crippen LogP contribution is -2.04. The van der Waals surface area contributed by atoms with Crippen LogP contribution in [0.2, 0.25) is 5.02 Å². The van der Waals surface area contributed by atoms with E-state index < -0.39 is 0 Å². The van der Waals surface area contributed by atoms with Gasteiger partial charge in [-0.25, -0.2) is 0 Å². The van der Waals surface area contributed by atoms with Crippen molar-refractivity contribution in [2.75, 3.05) is 0 Å². The minimum Gasteiger partial charge on any atom is -0.294 e. The van der Waals surface area contributed by atoms with Crippen molar-refractivity contribution in [1.29, 1.82) is 0 Å². The van der Waals surface area contributed by atoms with Crippen LogP contribution in [0.25, 0.3) is 0 Å². The number of rotatable bonds is 3. The zero-order chi connectivity index (χ0) is 11.4. The molecule has 0 unspecified atom stereocenters. The van der Waals surface area contributed by atoms with Crippen molar-refractivity contribution >= 4 is 17.4 Å². The molecule has 0 bridgehead atoms. The lowest BCUT2D eigenvalue weighted by Gasteiger charge is -2.00. The Kier molecular flexibility index (Phi) is 3.27. The first-order valence-corrected chi connectivity index (χ1v) is 5.18. The second-order valence-electron chi connectivity index (χ2n) is 3.36. The number of Topliss-reactive ketones (excluding diaryl/α,β-unsaturated/α-hetero) is 1. The van der Waals surface area contributed by atoms with Gasteiger partial charge < -0.3 is 0 Å². The Morgan fingerprint density at radius 3 is 2.50 bits per heavy atom. The third kappa shape index (κ3) is 2.64. The molecule has 0 aliphatic rings. The van der Waals surface area contributed by atoms with Gasteiger partial charge in [0.25, 0.3) is 0 Å². The number of aromatic nitrogens is 2. The third-order valence-electron chi connectivity index (χ3n) is 2.18. The highest BCUT2D eigenvalue weighted by Gasteiger charge is 2.06.